The molecule has 0 aliphatic carbocycles. The van der Waals surface area contributed by atoms with Crippen LogP contribution in [0.5, 0.6) is 0 Å². The molecule has 10 amide bonds. The van der Waals surface area contributed by atoms with Crippen molar-refractivity contribution in [1.82, 2.24) is 50.7 Å². The number of likely N-dealkylation sites (N-methyl/N-ethyl adjacent to an activating group) is 4. The first-order valence-corrected chi connectivity index (χ1v) is 26.3. The van der Waals surface area contributed by atoms with Crippen molar-refractivity contribution in [1.29, 1.82) is 0 Å². The minimum Gasteiger partial charge on any atom is -0.343 e. The van der Waals surface area contributed by atoms with Crippen LogP contribution in [0, 0.1) is 29.6 Å². The molecule has 20 heteroatoms. The van der Waals surface area contributed by atoms with E-state index in [1.165, 1.54) is 78.4 Å². The van der Waals surface area contributed by atoms with Crippen LogP contribution in [-0.4, -0.2) is 190 Å². The SMILES string of the molecule is CC(C)C[C@@H]1NC(=O)[C@H](C)N(C)C(=O)[C@H](CC(C)C)NC(=O)[C@H]2CCCN2C(=O)[C@@H]2CCCN2C(=O)[C@H](CC(C)C)NC(=O)[C@H](C)N(C)C(=O)[C@H](CC(C)C)NC(=O)[C@H](C(C)C)N(C)C(=O)[C@@H](C)N(C)C1=O. The van der Waals surface area contributed by atoms with Crippen LogP contribution in [0.1, 0.15) is 141 Å². The summed E-state index contributed by atoms with van der Waals surface area (Å²) in [7, 11) is 5.80. The molecule has 0 radical (unpaired) electrons. The van der Waals surface area contributed by atoms with Crippen molar-refractivity contribution in [3.63, 3.8) is 0 Å². The molecule has 3 aliphatic heterocycles. The van der Waals surface area contributed by atoms with Crippen LogP contribution in [0.25, 0.3) is 0 Å². The Labute approximate surface area is 429 Å². The topological polar surface area (TPSA) is 238 Å². The number of rotatable bonds is 9. The normalized spacial score (nSPS) is 29.4. The zero-order valence-corrected chi connectivity index (χ0v) is 46.5. The van der Waals surface area contributed by atoms with E-state index in [1.807, 2.05) is 55.4 Å². The highest BCUT2D eigenvalue weighted by molar-refractivity contribution is 5.99. The maximum Gasteiger partial charge on any atom is 0.246 e. The second kappa shape index (κ2) is 26.6. The molecule has 0 bridgehead atoms. The summed E-state index contributed by atoms with van der Waals surface area (Å²) in [5.74, 6) is -6.27. The highest BCUT2D eigenvalue weighted by Crippen LogP contribution is 2.27. The molecule has 4 N–H and O–H groups in total. The summed E-state index contributed by atoms with van der Waals surface area (Å²) < 4.78 is 0. The largest absolute Gasteiger partial charge is 0.343 e. The molecule has 3 heterocycles. The Kier molecular flexibility index (Phi) is 22.5. The van der Waals surface area contributed by atoms with Crippen LogP contribution in [-0.2, 0) is 47.9 Å². The van der Waals surface area contributed by atoms with Crippen molar-refractivity contribution in [2.24, 2.45) is 29.6 Å². The average molecular weight is 1020 g/mol. The van der Waals surface area contributed by atoms with E-state index < -0.39 is 125 Å². The fourth-order valence-corrected chi connectivity index (χ4v) is 10.0. The van der Waals surface area contributed by atoms with Crippen LogP contribution >= 0.6 is 0 Å². The first-order valence-electron chi connectivity index (χ1n) is 26.3. The van der Waals surface area contributed by atoms with Crippen molar-refractivity contribution in [3.8, 4) is 0 Å². The average Bonchev–Trinajstić information content (AvgIpc) is 4.01. The van der Waals surface area contributed by atoms with Gasteiger partial charge in [-0.2, -0.15) is 0 Å². The minimum atomic E-state index is -1.11. The first kappa shape index (κ1) is 61.0. The minimum absolute atomic E-state index is 0.0618. The van der Waals surface area contributed by atoms with E-state index >= 15 is 0 Å². The maximum atomic E-state index is 14.6. The number of amides is 10. The number of fused-ring (bicyclic) bond motifs is 2. The van der Waals surface area contributed by atoms with Gasteiger partial charge in [0.15, 0.2) is 0 Å². The van der Waals surface area contributed by atoms with E-state index in [0.717, 1.165) is 0 Å². The molecule has 0 aromatic heterocycles. The number of carbonyl (C=O) groups excluding carboxylic acids is 10. The van der Waals surface area contributed by atoms with Gasteiger partial charge in [0.1, 0.15) is 60.4 Å². The molecular formula is C52H90N10O10. The van der Waals surface area contributed by atoms with Crippen molar-refractivity contribution < 1.29 is 47.9 Å². The van der Waals surface area contributed by atoms with E-state index in [4.69, 9.17) is 0 Å². The highest BCUT2D eigenvalue weighted by Gasteiger charge is 2.46. The summed E-state index contributed by atoms with van der Waals surface area (Å²) in [4.78, 5) is 151. The molecule has 3 aliphatic rings. The maximum absolute atomic E-state index is 14.6. The molecule has 20 nitrogen and oxygen atoms in total. The van der Waals surface area contributed by atoms with Gasteiger partial charge in [0, 0.05) is 41.3 Å². The predicted molar refractivity (Wildman–Crippen MR) is 273 cm³/mol. The number of nitrogens with one attached hydrogen (secondary N) is 4. The summed E-state index contributed by atoms with van der Waals surface area (Å²) in [5.41, 5.74) is 0. The summed E-state index contributed by atoms with van der Waals surface area (Å²) in [6, 6.07) is -10.6. The molecule has 3 saturated heterocycles. The summed E-state index contributed by atoms with van der Waals surface area (Å²) in [6.07, 6.45) is 2.53. The molecule has 72 heavy (non-hydrogen) atoms. The van der Waals surface area contributed by atoms with E-state index in [0.29, 0.717) is 25.7 Å². The molecule has 0 spiro atoms. The number of hydrogen-bond acceptors (Lipinski definition) is 10. The van der Waals surface area contributed by atoms with Gasteiger partial charge in [-0.1, -0.05) is 69.2 Å². The van der Waals surface area contributed by atoms with Gasteiger partial charge in [-0.25, -0.2) is 0 Å². The lowest BCUT2D eigenvalue weighted by molar-refractivity contribution is -0.150. The molecule has 3 fully saturated rings. The van der Waals surface area contributed by atoms with Gasteiger partial charge in [-0.15, -0.1) is 0 Å². The van der Waals surface area contributed by atoms with E-state index in [1.54, 1.807) is 13.8 Å². The third-order valence-corrected chi connectivity index (χ3v) is 14.5. The van der Waals surface area contributed by atoms with Crippen LogP contribution in [0.4, 0.5) is 0 Å². The molecule has 0 aromatic carbocycles. The Morgan fingerprint density at radius 1 is 0.389 bits per heavy atom. The molecule has 0 saturated carbocycles. The fourth-order valence-electron chi connectivity index (χ4n) is 10.0. The monoisotopic (exact) mass is 1010 g/mol. The summed E-state index contributed by atoms with van der Waals surface area (Å²) in [5, 5.41) is 11.5. The third kappa shape index (κ3) is 15.4. The van der Waals surface area contributed by atoms with Gasteiger partial charge in [0.25, 0.3) is 0 Å². The van der Waals surface area contributed by atoms with Crippen molar-refractivity contribution >= 4 is 59.1 Å². The molecule has 0 unspecified atom stereocenters. The molecule has 408 valence electrons. The lowest BCUT2D eigenvalue weighted by Crippen LogP contribution is -2.61. The van der Waals surface area contributed by atoms with E-state index in [-0.39, 0.29) is 62.4 Å². The standard InChI is InChI=1S/C52H90N10O10/c1-28(2)24-36-50(70)59(16)35(13)47(67)60(17)42(32(9)10)46(66)56-38(26-30(5)6)49(69)58(15)34(12)44(64)54-39(27-31(7)8)51(71)62-23-19-21-41(62)52(72)61-22-18-20-40(61)45(65)55-37(25-29(3)4)48(68)57(14)33(11)43(63)53-36/h28-42H,18-27H2,1-17H3,(H,53,63)(H,54,64)(H,55,65)(H,56,66)/t33-,34-,35+,36-,37-,38-,39-,40+,41-,42-/m0/s1. The van der Waals surface area contributed by atoms with E-state index in [2.05, 4.69) is 21.3 Å². The molecule has 3 rings (SSSR count). The van der Waals surface area contributed by atoms with Gasteiger partial charge < -0.3 is 50.7 Å². The Morgan fingerprint density at radius 3 is 1.08 bits per heavy atom. The molecule has 10 atom stereocenters. The smallest absolute Gasteiger partial charge is 0.246 e. The lowest BCUT2D eigenvalue weighted by Gasteiger charge is -2.37. The Balaban J connectivity index is 2.15. The van der Waals surface area contributed by atoms with Gasteiger partial charge in [0.05, 0.1) is 0 Å². The third-order valence-electron chi connectivity index (χ3n) is 14.5. The van der Waals surface area contributed by atoms with Crippen molar-refractivity contribution in [2.45, 2.75) is 202 Å². The Morgan fingerprint density at radius 2 is 0.708 bits per heavy atom. The predicted octanol–water partition coefficient (Wildman–Crippen LogP) is 2.13. The second-order valence-corrected chi connectivity index (χ2v) is 22.7. The zero-order chi connectivity index (χ0) is 54.8. The second-order valence-electron chi connectivity index (χ2n) is 22.7. The van der Waals surface area contributed by atoms with Crippen LogP contribution < -0.4 is 21.3 Å². The van der Waals surface area contributed by atoms with Gasteiger partial charge in [-0.3, -0.25) is 47.9 Å². The Bertz CT molecular complexity index is 1980. The Hall–Kier alpha value is -5.30. The van der Waals surface area contributed by atoms with Crippen LogP contribution in [0.2, 0.25) is 0 Å². The number of nitrogens with zero attached hydrogens (tertiary/aromatic N) is 6. The van der Waals surface area contributed by atoms with Crippen LogP contribution in [0.15, 0.2) is 0 Å². The van der Waals surface area contributed by atoms with E-state index in [9.17, 15) is 47.9 Å². The van der Waals surface area contributed by atoms with Gasteiger partial charge in [0.2, 0.25) is 59.1 Å². The highest BCUT2D eigenvalue weighted by atomic mass is 16.2. The number of carbonyl (C=O) groups is 10. The first-order chi connectivity index (χ1) is 33.4. The van der Waals surface area contributed by atoms with Gasteiger partial charge in [-0.05, 0) is 102 Å². The fraction of sp³-hybridized carbons (Fsp3) is 0.808. The zero-order valence-electron chi connectivity index (χ0n) is 46.5. The quantitative estimate of drug-likeness (QED) is 0.263. The van der Waals surface area contributed by atoms with Crippen LogP contribution in [0.3, 0.4) is 0 Å². The van der Waals surface area contributed by atoms with Crippen molar-refractivity contribution in [3.05, 3.63) is 0 Å². The summed E-state index contributed by atoms with van der Waals surface area (Å²) in [6.45, 7) is 23.7. The lowest BCUT2D eigenvalue weighted by atomic mass is 9.97. The molecular weight excluding hydrogens is 925 g/mol. The molecule has 0 aromatic rings. The summed E-state index contributed by atoms with van der Waals surface area (Å²) >= 11 is 0. The number of hydrogen-bond donors (Lipinski definition) is 4. The van der Waals surface area contributed by atoms with Gasteiger partial charge >= 0.3 is 0 Å². The van der Waals surface area contributed by atoms with Crippen molar-refractivity contribution in [2.75, 3.05) is 41.3 Å².